The highest BCUT2D eigenvalue weighted by molar-refractivity contribution is 7.99. The maximum absolute atomic E-state index is 12.8. The summed E-state index contributed by atoms with van der Waals surface area (Å²) < 4.78 is 10.7. The van der Waals surface area contributed by atoms with Crippen molar-refractivity contribution in [2.75, 3.05) is 31.8 Å². The van der Waals surface area contributed by atoms with Crippen LogP contribution in [0.1, 0.15) is 23.4 Å². The first-order chi connectivity index (χ1) is 12.6. The van der Waals surface area contributed by atoms with Crippen molar-refractivity contribution in [1.29, 1.82) is 0 Å². The minimum atomic E-state index is -0.0916. The maximum Gasteiger partial charge on any atom is 0.323 e. The Morgan fingerprint density at radius 3 is 2.38 bits per heavy atom. The molecule has 1 fully saturated rings. The normalized spacial score (nSPS) is 16.4. The fraction of sp³-hybridized carbons (Fsp3) is 0.350. The minimum absolute atomic E-state index is 0.0612. The second kappa shape index (κ2) is 8.36. The maximum atomic E-state index is 12.8. The van der Waals surface area contributed by atoms with Crippen molar-refractivity contribution >= 4 is 23.5 Å². The van der Waals surface area contributed by atoms with Gasteiger partial charge < -0.3 is 19.7 Å². The highest BCUT2D eigenvalue weighted by atomic mass is 32.2. The van der Waals surface area contributed by atoms with E-state index in [0.717, 1.165) is 34.9 Å². The standard InChI is InChI=1S/C20H24N2O3S/c1-4-14-5-7-16(8-6-14)21-20(23)22-9-10-26-19(22)15-11-17(24-2)13-18(12-15)25-3/h5-8,11-13,19H,4,9-10H2,1-3H3,(H,21,23). The van der Waals surface area contributed by atoms with E-state index in [-0.39, 0.29) is 11.4 Å². The molecule has 0 aromatic heterocycles. The van der Waals surface area contributed by atoms with Crippen LogP contribution in [0.3, 0.4) is 0 Å². The van der Waals surface area contributed by atoms with Crippen molar-refractivity contribution < 1.29 is 14.3 Å². The van der Waals surface area contributed by atoms with Crippen molar-refractivity contribution in [2.45, 2.75) is 18.7 Å². The molecular weight excluding hydrogens is 348 g/mol. The summed E-state index contributed by atoms with van der Waals surface area (Å²) in [7, 11) is 3.26. The highest BCUT2D eigenvalue weighted by Crippen LogP contribution is 2.40. The lowest BCUT2D eigenvalue weighted by molar-refractivity contribution is 0.214. The molecule has 26 heavy (non-hydrogen) atoms. The summed E-state index contributed by atoms with van der Waals surface area (Å²) in [6, 6.07) is 13.6. The summed E-state index contributed by atoms with van der Waals surface area (Å²) in [5.41, 5.74) is 3.06. The van der Waals surface area contributed by atoms with Gasteiger partial charge in [-0.15, -0.1) is 11.8 Å². The first-order valence-electron chi connectivity index (χ1n) is 8.65. The first-order valence-corrected chi connectivity index (χ1v) is 9.70. The Balaban J connectivity index is 1.77. The van der Waals surface area contributed by atoms with Crippen LogP contribution in [0.4, 0.5) is 10.5 Å². The number of aryl methyl sites for hydroxylation is 1. The molecule has 138 valence electrons. The number of carbonyl (C=O) groups is 1. The average molecular weight is 372 g/mol. The molecule has 0 bridgehead atoms. The zero-order valence-electron chi connectivity index (χ0n) is 15.3. The number of hydrogen-bond acceptors (Lipinski definition) is 4. The van der Waals surface area contributed by atoms with Gasteiger partial charge in [0.05, 0.1) is 14.2 Å². The van der Waals surface area contributed by atoms with Crippen LogP contribution >= 0.6 is 11.8 Å². The van der Waals surface area contributed by atoms with Gasteiger partial charge >= 0.3 is 6.03 Å². The Morgan fingerprint density at radius 2 is 1.81 bits per heavy atom. The number of ether oxygens (including phenoxy) is 2. The number of thioether (sulfide) groups is 1. The number of anilines is 1. The number of methoxy groups -OCH3 is 2. The van der Waals surface area contributed by atoms with Crippen molar-refractivity contribution in [3.63, 3.8) is 0 Å². The van der Waals surface area contributed by atoms with E-state index < -0.39 is 0 Å². The molecule has 1 aliphatic heterocycles. The lowest BCUT2D eigenvalue weighted by Crippen LogP contribution is -2.34. The minimum Gasteiger partial charge on any atom is -0.497 e. The second-order valence-corrected chi connectivity index (χ2v) is 7.23. The van der Waals surface area contributed by atoms with Crippen molar-refractivity contribution in [3.05, 3.63) is 53.6 Å². The topological polar surface area (TPSA) is 50.8 Å². The molecule has 2 aromatic rings. The number of hydrogen-bond donors (Lipinski definition) is 1. The van der Waals surface area contributed by atoms with Crippen LogP contribution in [0, 0.1) is 0 Å². The average Bonchev–Trinajstić information content (AvgIpc) is 3.18. The molecule has 1 saturated heterocycles. The van der Waals surface area contributed by atoms with Gasteiger partial charge in [0, 0.05) is 24.1 Å². The largest absolute Gasteiger partial charge is 0.497 e. The van der Waals surface area contributed by atoms with E-state index in [4.69, 9.17) is 9.47 Å². The van der Waals surface area contributed by atoms with E-state index in [2.05, 4.69) is 12.2 Å². The van der Waals surface area contributed by atoms with Crippen LogP contribution < -0.4 is 14.8 Å². The zero-order valence-corrected chi connectivity index (χ0v) is 16.1. The molecule has 0 radical (unpaired) electrons. The smallest absolute Gasteiger partial charge is 0.323 e. The number of nitrogens with one attached hydrogen (secondary N) is 1. The van der Waals surface area contributed by atoms with Gasteiger partial charge in [0.2, 0.25) is 0 Å². The molecule has 2 amide bonds. The van der Waals surface area contributed by atoms with Gasteiger partial charge in [-0.25, -0.2) is 4.79 Å². The third-order valence-electron chi connectivity index (χ3n) is 4.42. The van der Waals surface area contributed by atoms with Crippen molar-refractivity contribution in [3.8, 4) is 11.5 Å². The third kappa shape index (κ3) is 4.07. The van der Waals surface area contributed by atoms with Gasteiger partial charge in [-0.05, 0) is 41.8 Å². The van der Waals surface area contributed by atoms with E-state index in [0.29, 0.717) is 6.54 Å². The lowest BCUT2D eigenvalue weighted by Gasteiger charge is -2.25. The molecular formula is C20H24N2O3S. The summed E-state index contributed by atoms with van der Waals surface area (Å²) in [5, 5.41) is 2.94. The first kappa shape index (κ1) is 18.5. The van der Waals surface area contributed by atoms with E-state index >= 15 is 0 Å². The Hall–Kier alpha value is -2.34. The summed E-state index contributed by atoms with van der Waals surface area (Å²) in [6.45, 7) is 2.82. The van der Waals surface area contributed by atoms with Crippen molar-refractivity contribution in [2.24, 2.45) is 0 Å². The molecule has 1 heterocycles. The van der Waals surface area contributed by atoms with E-state index in [1.165, 1.54) is 5.56 Å². The summed E-state index contributed by atoms with van der Waals surface area (Å²) in [4.78, 5) is 14.7. The molecule has 6 heteroatoms. The molecule has 0 saturated carbocycles. The Labute approximate surface area is 158 Å². The molecule has 1 unspecified atom stereocenters. The van der Waals surface area contributed by atoms with Gasteiger partial charge in [0.25, 0.3) is 0 Å². The molecule has 1 atom stereocenters. The SMILES string of the molecule is CCc1ccc(NC(=O)N2CCSC2c2cc(OC)cc(OC)c2)cc1. The van der Waals surface area contributed by atoms with Crippen LogP contribution in [0.15, 0.2) is 42.5 Å². The quantitative estimate of drug-likeness (QED) is 0.837. The zero-order chi connectivity index (χ0) is 18.5. The molecule has 3 rings (SSSR count). The van der Waals surface area contributed by atoms with Gasteiger partial charge in [0.15, 0.2) is 0 Å². The predicted octanol–water partition coefficient (Wildman–Crippen LogP) is 4.55. The fourth-order valence-corrected chi connectivity index (χ4v) is 4.18. The lowest BCUT2D eigenvalue weighted by atomic mass is 10.1. The number of urea groups is 1. The van der Waals surface area contributed by atoms with E-state index in [9.17, 15) is 4.79 Å². The van der Waals surface area contributed by atoms with Crippen LogP contribution in [0.5, 0.6) is 11.5 Å². The van der Waals surface area contributed by atoms with Crippen LogP contribution in [-0.2, 0) is 6.42 Å². The number of benzene rings is 2. The predicted molar refractivity (Wildman–Crippen MR) is 106 cm³/mol. The number of carbonyl (C=O) groups excluding carboxylic acids is 1. The molecule has 5 nitrogen and oxygen atoms in total. The van der Waals surface area contributed by atoms with E-state index in [1.807, 2.05) is 47.4 Å². The van der Waals surface area contributed by atoms with Crippen LogP contribution in [-0.4, -0.2) is 37.4 Å². The Kier molecular flexibility index (Phi) is 5.93. The second-order valence-electron chi connectivity index (χ2n) is 6.04. The monoisotopic (exact) mass is 372 g/mol. The van der Waals surface area contributed by atoms with Gasteiger partial charge in [0.1, 0.15) is 16.9 Å². The summed E-state index contributed by atoms with van der Waals surface area (Å²) in [6.07, 6.45) is 0.983. The molecule has 2 aromatic carbocycles. The third-order valence-corrected chi connectivity index (χ3v) is 5.68. The van der Waals surface area contributed by atoms with Gasteiger partial charge in [-0.2, -0.15) is 0 Å². The number of nitrogens with zero attached hydrogens (tertiary/aromatic N) is 1. The Morgan fingerprint density at radius 1 is 1.15 bits per heavy atom. The molecule has 0 spiro atoms. The van der Waals surface area contributed by atoms with Gasteiger partial charge in [-0.1, -0.05) is 19.1 Å². The molecule has 1 aliphatic rings. The van der Waals surface area contributed by atoms with Crippen LogP contribution in [0.25, 0.3) is 0 Å². The number of rotatable bonds is 5. The number of amides is 2. The summed E-state index contributed by atoms with van der Waals surface area (Å²) in [5.74, 6) is 2.34. The molecule has 1 N–H and O–H groups in total. The molecule has 0 aliphatic carbocycles. The Bertz CT molecular complexity index is 742. The van der Waals surface area contributed by atoms with Crippen molar-refractivity contribution in [1.82, 2.24) is 4.90 Å². The van der Waals surface area contributed by atoms with Gasteiger partial charge in [-0.3, -0.25) is 0 Å². The highest BCUT2D eigenvalue weighted by Gasteiger charge is 2.31. The van der Waals surface area contributed by atoms with E-state index in [1.54, 1.807) is 26.0 Å². The van der Waals surface area contributed by atoms with Crippen LogP contribution in [0.2, 0.25) is 0 Å². The summed E-state index contributed by atoms with van der Waals surface area (Å²) >= 11 is 1.74. The fourth-order valence-electron chi connectivity index (χ4n) is 2.95.